The molecule has 0 radical (unpaired) electrons. The lowest BCUT2D eigenvalue weighted by Crippen LogP contribution is -2.59. The smallest absolute Gasteiger partial charge is 0.187 e. The SMILES string of the molecule is C=C1C[C@H]2[C@@H]3C[C@H](F)C(=O)[C@@]3(C)CC[C@@H]2[C@@]2(C)C(C)=CC(=O)C3OC132. The fraction of sp³-hybridized carbons (Fsp3) is 0.714. The fourth-order valence-corrected chi connectivity index (χ4v) is 7.21. The van der Waals surface area contributed by atoms with Crippen LogP contribution in [0.4, 0.5) is 4.39 Å². The zero-order valence-electron chi connectivity index (χ0n) is 15.1. The minimum Gasteiger partial charge on any atom is -0.352 e. The van der Waals surface area contributed by atoms with E-state index in [1.165, 1.54) is 0 Å². The highest BCUT2D eigenvalue weighted by atomic mass is 19.1. The second-order valence-corrected chi connectivity index (χ2v) is 9.37. The van der Waals surface area contributed by atoms with Crippen molar-refractivity contribution in [2.75, 3.05) is 0 Å². The van der Waals surface area contributed by atoms with E-state index in [1.807, 2.05) is 13.8 Å². The third-order valence-corrected chi connectivity index (χ3v) is 8.71. The molecule has 8 atom stereocenters. The molecule has 5 aliphatic rings. The molecule has 1 heterocycles. The predicted molar refractivity (Wildman–Crippen MR) is 90.6 cm³/mol. The number of fused-ring (bicyclic) bond motifs is 4. The second kappa shape index (κ2) is 4.33. The van der Waals surface area contributed by atoms with Crippen molar-refractivity contribution in [1.29, 1.82) is 0 Å². The van der Waals surface area contributed by atoms with Gasteiger partial charge >= 0.3 is 0 Å². The number of ether oxygens (including phenoxy) is 1. The Morgan fingerprint density at radius 2 is 2.00 bits per heavy atom. The van der Waals surface area contributed by atoms with E-state index < -0.39 is 17.2 Å². The Bertz CT molecular complexity index is 769. The van der Waals surface area contributed by atoms with Crippen LogP contribution < -0.4 is 0 Å². The summed E-state index contributed by atoms with van der Waals surface area (Å²) < 4.78 is 20.4. The molecular weight excluding hydrogens is 319 g/mol. The lowest BCUT2D eigenvalue weighted by molar-refractivity contribution is -0.135. The van der Waals surface area contributed by atoms with Gasteiger partial charge in [-0.1, -0.05) is 26.0 Å². The van der Waals surface area contributed by atoms with Crippen molar-refractivity contribution < 1.29 is 18.7 Å². The first-order chi connectivity index (χ1) is 11.7. The minimum atomic E-state index is -1.32. The highest BCUT2D eigenvalue weighted by Gasteiger charge is 2.78. The van der Waals surface area contributed by atoms with Crippen molar-refractivity contribution in [3.63, 3.8) is 0 Å². The van der Waals surface area contributed by atoms with Crippen LogP contribution in [0.15, 0.2) is 23.8 Å². The van der Waals surface area contributed by atoms with Gasteiger partial charge in [0.2, 0.25) is 0 Å². The van der Waals surface area contributed by atoms with E-state index in [0.717, 1.165) is 30.4 Å². The van der Waals surface area contributed by atoms with Crippen molar-refractivity contribution in [2.24, 2.45) is 28.6 Å². The van der Waals surface area contributed by atoms with Crippen LogP contribution in [0.2, 0.25) is 0 Å². The highest BCUT2D eigenvalue weighted by Crippen LogP contribution is 2.73. The van der Waals surface area contributed by atoms with Crippen LogP contribution in [0.1, 0.15) is 46.5 Å². The van der Waals surface area contributed by atoms with Gasteiger partial charge in [-0.05, 0) is 62.0 Å². The van der Waals surface area contributed by atoms with Crippen LogP contribution in [0.3, 0.4) is 0 Å². The monoisotopic (exact) mass is 344 g/mol. The van der Waals surface area contributed by atoms with Gasteiger partial charge in [-0.15, -0.1) is 0 Å². The molecule has 5 rings (SSSR count). The predicted octanol–water partition coefficient (Wildman–Crippen LogP) is 3.58. The lowest BCUT2D eigenvalue weighted by atomic mass is 9.43. The van der Waals surface area contributed by atoms with E-state index in [1.54, 1.807) is 6.08 Å². The van der Waals surface area contributed by atoms with Crippen LogP contribution in [0, 0.1) is 28.6 Å². The topological polar surface area (TPSA) is 46.7 Å². The van der Waals surface area contributed by atoms with Crippen LogP contribution in [-0.2, 0) is 14.3 Å². The van der Waals surface area contributed by atoms with Crippen LogP contribution in [0.25, 0.3) is 0 Å². The largest absolute Gasteiger partial charge is 0.352 e. The molecule has 3 nitrogen and oxygen atoms in total. The molecule has 4 fully saturated rings. The molecule has 2 unspecified atom stereocenters. The van der Waals surface area contributed by atoms with Gasteiger partial charge in [-0.25, -0.2) is 4.39 Å². The number of carbonyl (C=O) groups is 2. The molecule has 1 saturated heterocycles. The Hall–Kier alpha value is -1.29. The number of rotatable bonds is 0. The van der Waals surface area contributed by atoms with E-state index in [-0.39, 0.29) is 34.9 Å². The molecule has 3 saturated carbocycles. The molecular formula is C21H25FO3. The normalized spacial score (nSPS) is 56.6. The Kier molecular flexibility index (Phi) is 2.76. The van der Waals surface area contributed by atoms with Crippen LogP contribution in [-0.4, -0.2) is 29.4 Å². The Morgan fingerprint density at radius 3 is 2.72 bits per heavy atom. The average Bonchev–Trinajstić information content (AvgIpc) is 3.27. The number of Topliss-reactive ketones (excluding diaryl/α,β-unsaturated/α-hetero) is 1. The lowest BCUT2D eigenvalue weighted by Gasteiger charge is -2.58. The van der Waals surface area contributed by atoms with Gasteiger partial charge in [0, 0.05) is 10.8 Å². The standard InChI is InChI=1S/C21H25FO3/c1-10-8-16(23)18-21(25-18)11(2)7-12-13(20(10,21)4)5-6-19(3)14(12)9-15(22)17(19)24/h8,12-15,18H,2,5-7,9H2,1,3-4H3/t12-,13+,14+,15+,18?,19+,20-,21?/m1/s1. The number of carbonyl (C=O) groups excluding carboxylic acids is 2. The zero-order chi connectivity index (χ0) is 17.9. The van der Waals surface area contributed by atoms with Crippen molar-refractivity contribution in [3.8, 4) is 0 Å². The zero-order valence-corrected chi connectivity index (χ0v) is 15.1. The molecule has 0 bridgehead atoms. The molecule has 0 aromatic rings. The Balaban J connectivity index is 1.63. The molecule has 0 N–H and O–H groups in total. The van der Waals surface area contributed by atoms with Gasteiger partial charge in [-0.2, -0.15) is 0 Å². The summed E-state index contributed by atoms with van der Waals surface area (Å²) in [6.07, 6.45) is 2.76. The summed E-state index contributed by atoms with van der Waals surface area (Å²) in [5.74, 6) is 0.479. The van der Waals surface area contributed by atoms with Gasteiger partial charge in [-0.3, -0.25) is 9.59 Å². The number of epoxide rings is 1. The van der Waals surface area contributed by atoms with Gasteiger partial charge in [0.15, 0.2) is 23.8 Å². The maximum atomic E-state index is 14.3. The summed E-state index contributed by atoms with van der Waals surface area (Å²) in [6.45, 7) is 10.5. The van der Waals surface area contributed by atoms with E-state index in [0.29, 0.717) is 12.3 Å². The van der Waals surface area contributed by atoms with Gasteiger partial charge < -0.3 is 4.74 Å². The molecule has 25 heavy (non-hydrogen) atoms. The number of alkyl halides is 1. The van der Waals surface area contributed by atoms with Gasteiger partial charge in [0.25, 0.3) is 0 Å². The summed E-state index contributed by atoms with van der Waals surface area (Å²) in [5, 5.41) is 0. The van der Waals surface area contributed by atoms with E-state index in [4.69, 9.17) is 4.74 Å². The summed E-state index contributed by atoms with van der Waals surface area (Å²) in [7, 11) is 0. The quantitative estimate of drug-likeness (QED) is 0.498. The molecule has 0 aromatic heterocycles. The van der Waals surface area contributed by atoms with Crippen molar-refractivity contribution in [1.82, 2.24) is 0 Å². The van der Waals surface area contributed by atoms with Gasteiger partial charge in [0.05, 0.1) is 0 Å². The third kappa shape index (κ3) is 1.50. The molecule has 4 aliphatic carbocycles. The first-order valence-electron chi connectivity index (χ1n) is 9.45. The molecule has 1 spiro atoms. The highest BCUT2D eigenvalue weighted by molar-refractivity contribution is 6.00. The first-order valence-corrected chi connectivity index (χ1v) is 9.45. The first kappa shape index (κ1) is 15.9. The summed E-state index contributed by atoms with van der Waals surface area (Å²) in [4.78, 5) is 24.8. The maximum Gasteiger partial charge on any atom is 0.187 e. The molecule has 0 amide bonds. The Labute approximate surface area is 147 Å². The number of ketones is 2. The second-order valence-electron chi connectivity index (χ2n) is 9.37. The van der Waals surface area contributed by atoms with Crippen molar-refractivity contribution in [3.05, 3.63) is 23.8 Å². The van der Waals surface area contributed by atoms with Crippen LogP contribution in [0.5, 0.6) is 0 Å². The molecule has 134 valence electrons. The van der Waals surface area contributed by atoms with Crippen molar-refractivity contribution >= 4 is 11.6 Å². The summed E-state index contributed by atoms with van der Waals surface area (Å²) >= 11 is 0. The number of halogens is 1. The van der Waals surface area contributed by atoms with Gasteiger partial charge in [0.1, 0.15) is 5.60 Å². The Morgan fingerprint density at radius 1 is 1.28 bits per heavy atom. The van der Waals surface area contributed by atoms with E-state index in [2.05, 4.69) is 13.5 Å². The van der Waals surface area contributed by atoms with E-state index in [9.17, 15) is 14.0 Å². The third-order valence-electron chi connectivity index (χ3n) is 8.71. The fourth-order valence-electron chi connectivity index (χ4n) is 7.21. The maximum absolute atomic E-state index is 14.3. The minimum absolute atomic E-state index is 0.0510. The summed E-state index contributed by atoms with van der Waals surface area (Å²) in [5.41, 5.74) is 0.668. The van der Waals surface area contributed by atoms with E-state index >= 15 is 0 Å². The number of hydrogen-bond donors (Lipinski definition) is 0. The summed E-state index contributed by atoms with van der Waals surface area (Å²) in [6, 6.07) is 0. The number of hydrogen-bond acceptors (Lipinski definition) is 3. The van der Waals surface area contributed by atoms with Crippen molar-refractivity contribution in [2.45, 2.75) is 64.3 Å². The average molecular weight is 344 g/mol. The van der Waals surface area contributed by atoms with Crippen LogP contribution >= 0.6 is 0 Å². The molecule has 1 aliphatic heterocycles. The molecule has 0 aromatic carbocycles. The molecule has 4 heteroatoms.